The van der Waals surface area contributed by atoms with Gasteiger partial charge in [-0.15, -0.1) is 0 Å². The molecule has 0 unspecified atom stereocenters. The zero-order chi connectivity index (χ0) is 32.5. The Hall–Kier alpha value is -4.79. The first-order valence-corrected chi connectivity index (χ1v) is 16.0. The number of aryl methyl sites for hydroxylation is 2. The minimum absolute atomic E-state index is 0.0622. The van der Waals surface area contributed by atoms with Crippen LogP contribution in [0.4, 0.5) is 9.59 Å². The number of carbonyl (C=O) groups is 3. The highest BCUT2D eigenvalue weighted by Gasteiger charge is 2.49. The Labute approximate surface area is 269 Å². The highest BCUT2D eigenvalue weighted by molar-refractivity contribution is 6.04. The summed E-state index contributed by atoms with van der Waals surface area (Å²) < 4.78 is 6.14. The van der Waals surface area contributed by atoms with E-state index in [9.17, 15) is 24.6 Å². The molecular formula is C37H41N3O6. The van der Waals surface area contributed by atoms with Crippen molar-refractivity contribution in [3.05, 3.63) is 106 Å². The van der Waals surface area contributed by atoms with Crippen molar-refractivity contribution in [3.8, 4) is 5.75 Å². The summed E-state index contributed by atoms with van der Waals surface area (Å²) in [5.74, 6) is 0.676. The molecule has 2 N–H and O–H groups in total. The lowest BCUT2D eigenvalue weighted by molar-refractivity contribution is -0.129. The quantitative estimate of drug-likeness (QED) is 0.290. The zero-order valence-electron chi connectivity index (χ0n) is 26.6. The topological polar surface area (TPSA) is 111 Å². The molecule has 2 atom stereocenters. The summed E-state index contributed by atoms with van der Waals surface area (Å²) in [4.78, 5) is 43.7. The molecule has 0 spiro atoms. The predicted molar refractivity (Wildman–Crippen MR) is 175 cm³/mol. The Balaban J connectivity index is 1.32. The summed E-state index contributed by atoms with van der Waals surface area (Å²) in [6, 6.07) is 20.6. The number of fused-ring (bicyclic) bond motifs is 2. The van der Waals surface area contributed by atoms with Crippen molar-refractivity contribution in [2.45, 2.75) is 71.1 Å². The molecule has 2 aliphatic heterocycles. The fourth-order valence-corrected chi connectivity index (χ4v) is 6.89. The van der Waals surface area contributed by atoms with E-state index >= 15 is 0 Å². The number of carbonyl (C=O) groups excluding carboxylic acids is 1. The second-order valence-electron chi connectivity index (χ2n) is 12.8. The minimum Gasteiger partial charge on any atom is -0.493 e. The van der Waals surface area contributed by atoms with Gasteiger partial charge in [-0.1, -0.05) is 60.7 Å². The third-order valence-corrected chi connectivity index (χ3v) is 9.53. The first-order chi connectivity index (χ1) is 22.1. The van der Waals surface area contributed by atoms with Gasteiger partial charge >= 0.3 is 12.2 Å². The van der Waals surface area contributed by atoms with E-state index in [2.05, 4.69) is 32.9 Å². The maximum atomic E-state index is 14.6. The molecule has 9 heteroatoms. The van der Waals surface area contributed by atoms with Gasteiger partial charge in [-0.3, -0.25) is 9.69 Å². The Kier molecular flexibility index (Phi) is 8.75. The molecule has 3 aliphatic rings. The molecule has 0 radical (unpaired) electrons. The van der Waals surface area contributed by atoms with Gasteiger partial charge in [-0.2, -0.15) is 0 Å². The van der Waals surface area contributed by atoms with Crippen molar-refractivity contribution in [2.75, 3.05) is 19.7 Å². The number of piperazine rings is 1. The van der Waals surface area contributed by atoms with Crippen LogP contribution in [-0.4, -0.2) is 80.8 Å². The summed E-state index contributed by atoms with van der Waals surface area (Å²) >= 11 is 0. The maximum absolute atomic E-state index is 14.6. The average Bonchev–Trinajstić information content (AvgIpc) is 3.87. The van der Waals surface area contributed by atoms with Crippen LogP contribution in [0.1, 0.15) is 52.6 Å². The molecule has 1 saturated heterocycles. The number of carboxylic acid groups (broad SMARTS) is 2. The third-order valence-electron chi connectivity index (χ3n) is 9.53. The van der Waals surface area contributed by atoms with Crippen molar-refractivity contribution in [1.29, 1.82) is 0 Å². The zero-order valence-corrected chi connectivity index (χ0v) is 26.6. The fourth-order valence-electron chi connectivity index (χ4n) is 6.89. The Morgan fingerprint density at radius 1 is 0.891 bits per heavy atom. The Bertz CT molecular complexity index is 1660. The van der Waals surface area contributed by atoms with Crippen LogP contribution in [0.15, 0.2) is 72.3 Å². The fraction of sp³-hybridized carbons (Fsp3) is 0.378. The second kappa shape index (κ2) is 12.9. The van der Waals surface area contributed by atoms with E-state index < -0.39 is 24.3 Å². The number of ether oxygens (including phenoxy) is 1. The van der Waals surface area contributed by atoms with Crippen LogP contribution in [-0.2, 0) is 17.8 Å². The van der Waals surface area contributed by atoms with Crippen LogP contribution >= 0.6 is 0 Å². The van der Waals surface area contributed by atoms with Crippen molar-refractivity contribution in [3.63, 3.8) is 0 Å². The molecule has 0 aromatic heterocycles. The number of benzene rings is 3. The molecule has 2 heterocycles. The molecule has 2 bridgehead atoms. The van der Waals surface area contributed by atoms with Crippen molar-refractivity contribution >= 4 is 23.7 Å². The number of hydrogen-bond acceptors (Lipinski definition) is 4. The van der Waals surface area contributed by atoms with Gasteiger partial charge in [0, 0.05) is 37.7 Å². The summed E-state index contributed by atoms with van der Waals surface area (Å²) in [7, 11) is 0. The molecule has 6 rings (SSSR count). The molecule has 3 amide bonds. The lowest BCUT2D eigenvalue weighted by Crippen LogP contribution is -2.65. The smallest absolute Gasteiger partial charge is 0.408 e. The number of nitrogens with zero attached hydrogens (tertiary/aromatic N) is 3. The van der Waals surface area contributed by atoms with E-state index in [4.69, 9.17) is 4.74 Å². The van der Waals surface area contributed by atoms with Crippen molar-refractivity contribution in [1.82, 2.24) is 14.7 Å². The molecule has 1 saturated carbocycles. The van der Waals surface area contributed by atoms with Crippen LogP contribution in [0.5, 0.6) is 5.75 Å². The minimum atomic E-state index is -1.14. The van der Waals surface area contributed by atoms with Crippen molar-refractivity contribution < 1.29 is 29.3 Å². The van der Waals surface area contributed by atoms with E-state index in [1.807, 2.05) is 59.5 Å². The van der Waals surface area contributed by atoms with Gasteiger partial charge in [0.25, 0.3) is 5.91 Å². The van der Waals surface area contributed by atoms with Crippen LogP contribution in [0.25, 0.3) is 5.57 Å². The second-order valence-corrected chi connectivity index (χ2v) is 12.8. The first-order valence-electron chi connectivity index (χ1n) is 16.0. The van der Waals surface area contributed by atoms with E-state index in [1.165, 1.54) is 15.4 Å². The van der Waals surface area contributed by atoms with E-state index in [0.29, 0.717) is 25.1 Å². The van der Waals surface area contributed by atoms with Gasteiger partial charge in [0.1, 0.15) is 5.75 Å². The van der Waals surface area contributed by atoms with E-state index in [-0.39, 0.29) is 31.5 Å². The van der Waals surface area contributed by atoms with Gasteiger partial charge in [-0.05, 0) is 85.1 Å². The van der Waals surface area contributed by atoms with Gasteiger partial charge in [0.2, 0.25) is 0 Å². The Morgan fingerprint density at radius 2 is 1.61 bits per heavy atom. The number of amides is 3. The van der Waals surface area contributed by atoms with Crippen LogP contribution < -0.4 is 4.74 Å². The first kappa shape index (κ1) is 31.2. The largest absolute Gasteiger partial charge is 0.493 e. The standard InChI is InChI=1S/C37H41N3O6/c1-23-17-24(2)25(3)33(18-23)46-16-15-26-9-11-28(12-10-26)31-19-30-21-38(36(42)43)22-32(40(30)37(44)45)34(31)35(41)39(29-13-14-29)20-27-7-5-4-6-8-27/h4-12,17-18,29-30,32H,13-16,19-22H2,1-3H3,(H,42,43)(H,44,45)/t30-,32-/m1/s1. The van der Waals surface area contributed by atoms with Gasteiger partial charge < -0.3 is 24.7 Å². The molecule has 2 fully saturated rings. The highest BCUT2D eigenvalue weighted by Crippen LogP contribution is 2.41. The van der Waals surface area contributed by atoms with E-state index in [0.717, 1.165) is 52.0 Å². The van der Waals surface area contributed by atoms with Crippen LogP contribution in [0.2, 0.25) is 0 Å². The lowest BCUT2D eigenvalue weighted by Gasteiger charge is -2.49. The summed E-state index contributed by atoms with van der Waals surface area (Å²) in [6.07, 6.45) is 0.482. The normalized spacial score (nSPS) is 19.2. The molecule has 3 aromatic rings. The summed E-state index contributed by atoms with van der Waals surface area (Å²) in [6.45, 7) is 7.12. The van der Waals surface area contributed by atoms with Crippen LogP contribution in [0, 0.1) is 20.8 Å². The molecular weight excluding hydrogens is 582 g/mol. The lowest BCUT2D eigenvalue weighted by atomic mass is 9.81. The van der Waals surface area contributed by atoms with Gasteiger partial charge in [0.05, 0.1) is 18.7 Å². The monoisotopic (exact) mass is 623 g/mol. The maximum Gasteiger partial charge on any atom is 0.408 e. The van der Waals surface area contributed by atoms with Crippen LogP contribution in [0.3, 0.4) is 0 Å². The highest BCUT2D eigenvalue weighted by atomic mass is 16.5. The predicted octanol–water partition coefficient (Wildman–Crippen LogP) is 6.29. The third kappa shape index (κ3) is 6.45. The number of rotatable bonds is 9. The van der Waals surface area contributed by atoms with Gasteiger partial charge in [0.15, 0.2) is 0 Å². The van der Waals surface area contributed by atoms with E-state index in [1.54, 1.807) is 0 Å². The SMILES string of the molecule is Cc1cc(C)c(C)c(OCCc2ccc(C3=C(C(=O)N(Cc4ccccc4)C4CC4)[C@H]4CN(C(=O)O)C[C@@H](C3)N4C(=O)O)cc2)c1. The molecule has 9 nitrogen and oxygen atoms in total. The average molecular weight is 624 g/mol. The molecule has 240 valence electrons. The summed E-state index contributed by atoms with van der Waals surface area (Å²) in [5, 5.41) is 20.2. The van der Waals surface area contributed by atoms with Gasteiger partial charge in [-0.25, -0.2) is 9.59 Å². The summed E-state index contributed by atoms with van der Waals surface area (Å²) in [5.41, 5.74) is 7.62. The number of hydrogen-bond donors (Lipinski definition) is 2. The van der Waals surface area contributed by atoms with Crippen molar-refractivity contribution in [2.24, 2.45) is 0 Å². The molecule has 3 aromatic carbocycles. The molecule has 46 heavy (non-hydrogen) atoms. The molecule has 1 aliphatic carbocycles. The Morgan fingerprint density at radius 3 is 2.26 bits per heavy atom.